The summed E-state index contributed by atoms with van der Waals surface area (Å²) in [6, 6.07) is 0. The van der Waals surface area contributed by atoms with Crippen LogP contribution in [0.3, 0.4) is 0 Å². The summed E-state index contributed by atoms with van der Waals surface area (Å²) in [5.74, 6) is -0.144. The predicted octanol–water partition coefficient (Wildman–Crippen LogP) is 1.27. The van der Waals surface area contributed by atoms with Crippen LogP contribution < -0.4 is 4.72 Å². The number of hydrogen-bond acceptors (Lipinski definition) is 6. The van der Waals surface area contributed by atoms with Gasteiger partial charge in [0.2, 0.25) is 0 Å². The van der Waals surface area contributed by atoms with Gasteiger partial charge in [0.05, 0.1) is 17.3 Å². The van der Waals surface area contributed by atoms with Crippen molar-refractivity contribution in [3.63, 3.8) is 0 Å². The number of esters is 1. The Balaban J connectivity index is 2.06. The molecule has 22 heavy (non-hydrogen) atoms. The van der Waals surface area contributed by atoms with Gasteiger partial charge in [-0.05, 0) is 26.7 Å². The number of carbonyl (C=O) groups is 1. The van der Waals surface area contributed by atoms with Gasteiger partial charge in [-0.25, -0.2) is 14.5 Å². The van der Waals surface area contributed by atoms with Gasteiger partial charge in [-0.2, -0.15) is 12.7 Å². The number of carbonyl (C=O) groups excluding carboxylic acids is 1. The summed E-state index contributed by atoms with van der Waals surface area (Å²) in [6.07, 6.45) is 1.41. The van der Waals surface area contributed by atoms with E-state index in [9.17, 15) is 13.2 Å². The molecule has 7 nitrogen and oxygen atoms in total. The average Bonchev–Trinajstić information content (AvgIpc) is 2.90. The van der Waals surface area contributed by atoms with Crippen LogP contribution in [0.25, 0.3) is 0 Å². The molecule has 1 N–H and O–H groups in total. The number of piperidine rings is 1. The molecule has 124 valence electrons. The van der Waals surface area contributed by atoms with Gasteiger partial charge in [0.25, 0.3) is 10.2 Å². The first-order chi connectivity index (χ1) is 10.4. The molecule has 0 aliphatic carbocycles. The first kappa shape index (κ1) is 17.3. The lowest BCUT2D eigenvalue weighted by molar-refractivity contribution is 0.0531. The molecule has 1 aliphatic heterocycles. The Morgan fingerprint density at radius 3 is 2.64 bits per heavy atom. The highest BCUT2D eigenvalue weighted by Crippen LogP contribution is 2.33. The Bertz CT molecular complexity index is 634. The molecule has 0 bridgehead atoms. The smallest absolute Gasteiger partial charge is 0.350 e. The van der Waals surface area contributed by atoms with E-state index < -0.39 is 10.2 Å². The second-order valence-electron chi connectivity index (χ2n) is 5.07. The van der Waals surface area contributed by atoms with Gasteiger partial charge in [0, 0.05) is 26.1 Å². The van der Waals surface area contributed by atoms with Crippen molar-refractivity contribution in [3.05, 3.63) is 15.6 Å². The van der Waals surface area contributed by atoms with Gasteiger partial charge in [0.1, 0.15) is 4.88 Å². The molecule has 0 saturated carbocycles. The number of nitrogens with one attached hydrogen (secondary N) is 1. The van der Waals surface area contributed by atoms with Crippen LogP contribution in [-0.2, 0) is 14.9 Å². The molecule has 0 radical (unpaired) electrons. The third-order valence-electron chi connectivity index (χ3n) is 3.68. The Morgan fingerprint density at radius 1 is 1.45 bits per heavy atom. The van der Waals surface area contributed by atoms with E-state index in [1.807, 2.05) is 0 Å². The Labute approximate surface area is 134 Å². The molecule has 1 aromatic heterocycles. The molecule has 0 unspecified atom stereocenters. The van der Waals surface area contributed by atoms with Crippen LogP contribution in [0.2, 0.25) is 0 Å². The number of hydrogen-bond donors (Lipinski definition) is 1. The van der Waals surface area contributed by atoms with E-state index >= 15 is 0 Å². The maximum absolute atomic E-state index is 11.8. The van der Waals surface area contributed by atoms with E-state index in [-0.39, 0.29) is 11.9 Å². The average molecular weight is 347 g/mol. The zero-order valence-corrected chi connectivity index (χ0v) is 14.6. The fourth-order valence-corrected chi connectivity index (χ4v) is 4.53. The number of aromatic nitrogens is 1. The standard InChI is InChI=1S/C13H21N3O4S2/c1-4-20-13(17)11-9(2)15-12(21-11)10-5-7-16(8-6-10)22(18,19)14-3/h10,14H,4-8H2,1-3H3. The maximum Gasteiger partial charge on any atom is 0.350 e. The first-order valence-electron chi connectivity index (χ1n) is 7.22. The molecule has 1 fully saturated rings. The molecular formula is C13H21N3O4S2. The zero-order valence-electron chi connectivity index (χ0n) is 13.0. The molecule has 2 rings (SSSR count). The molecule has 0 atom stereocenters. The van der Waals surface area contributed by atoms with Gasteiger partial charge < -0.3 is 4.74 Å². The lowest BCUT2D eigenvalue weighted by Crippen LogP contribution is -2.43. The lowest BCUT2D eigenvalue weighted by atomic mass is 9.99. The predicted molar refractivity (Wildman–Crippen MR) is 84.3 cm³/mol. The number of rotatable bonds is 5. The topological polar surface area (TPSA) is 88.6 Å². The van der Waals surface area contributed by atoms with E-state index in [4.69, 9.17) is 4.74 Å². The van der Waals surface area contributed by atoms with Crippen molar-refractivity contribution >= 4 is 27.5 Å². The van der Waals surface area contributed by atoms with Crippen molar-refractivity contribution in [2.75, 3.05) is 26.7 Å². The summed E-state index contributed by atoms with van der Waals surface area (Å²) in [5, 5.41) is 0.891. The number of aryl methyl sites for hydroxylation is 1. The molecule has 1 aliphatic rings. The van der Waals surface area contributed by atoms with Crippen molar-refractivity contribution in [3.8, 4) is 0 Å². The molecule has 0 spiro atoms. The molecular weight excluding hydrogens is 326 g/mol. The number of ether oxygens (including phenoxy) is 1. The molecule has 2 heterocycles. The van der Waals surface area contributed by atoms with Gasteiger partial charge in [-0.15, -0.1) is 11.3 Å². The van der Waals surface area contributed by atoms with Crippen LogP contribution in [-0.4, -0.2) is 50.4 Å². The Morgan fingerprint density at radius 2 is 2.09 bits per heavy atom. The van der Waals surface area contributed by atoms with Crippen molar-refractivity contribution in [2.45, 2.75) is 32.6 Å². The highest BCUT2D eigenvalue weighted by atomic mass is 32.2. The zero-order chi connectivity index (χ0) is 16.3. The van der Waals surface area contributed by atoms with Gasteiger partial charge in [-0.3, -0.25) is 0 Å². The normalized spacial score (nSPS) is 17.6. The van der Waals surface area contributed by atoms with Crippen LogP contribution in [0, 0.1) is 6.92 Å². The van der Waals surface area contributed by atoms with E-state index in [0.29, 0.717) is 43.1 Å². The molecule has 1 aromatic rings. The quantitative estimate of drug-likeness (QED) is 0.811. The van der Waals surface area contributed by atoms with Gasteiger partial charge in [0.15, 0.2) is 0 Å². The van der Waals surface area contributed by atoms with Crippen LogP contribution in [0.5, 0.6) is 0 Å². The van der Waals surface area contributed by atoms with E-state index in [0.717, 1.165) is 5.01 Å². The summed E-state index contributed by atoms with van der Waals surface area (Å²) >= 11 is 1.36. The van der Waals surface area contributed by atoms with Crippen molar-refractivity contribution in [1.29, 1.82) is 0 Å². The van der Waals surface area contributed by atoms with E-state index in [1.54, 1.807) is 13.8 Å². The molecule has 0 aromatic carbocycles. The number of nitrogens with zero attached hydrogens (tertiary/aromatic N) is 2. The highest BCUT2D eigenvalue weighted by molar-refractivity contribution is 7.87. The molecule has 0 amide bonds. The third-order valence-corrected chi connectivity index (χ3v) is 6.54. The van der Waals surface area contributed by atoms with Crippen LogP contribution >= 0.6 is 11.3 Å². The van der Waals surface area contributed by atoms with Crippen LogP contribution in [0.4, 0.5) is 0 Å². The fraction of sp³-hybridized carbons (Fsp3) is 0.692. The van der Waals surface area contributed by atoms with Crippen molar-refractivity contribution < 1.29 is 17.9 Å². The summed E-state index contributed by atoms with van der Waals surface area (Å²) in [5.41, 5.74) is 0.684. The van der Waals surface area contributed by atoms with E-state index in [1.165, 1.54) is 22.7 Å². The maximum atomic E-state index is 11.8. The number of thiazole rings is 1. The van der Waals surface area contributed by atoms with Crippen LogP contribution in [0.15, 0.2) is 0 Å². The summed E-state index contributed by atoms with van der Waals surface area (Å²) in [6.45, 7) is 4.83. The van der Waals surface area contributed by atoms with E-state index in [2.05, 4.69) is 9.71 Å². The van der Waals surface area contributed by atoms with Crippen molar-refractivity contribution in [2.24, 2.45) is 0 Å². The SMILES string of the molecule is CCOC(=O)c1sc(C2CCN(S(=O)(=O)NC)CC2)nc1C. The van der Waals surface area contributed by atoms with Gasteiger partial charge >= 0.3 is 5.97 Å². The lowest BCUT2D eigenvalue weighted by Gasteiger charge is -2.29. The first-order valence-corrected chi connectivity index (χ1v) is 9.47. The minimum absolute atomic E-state index is 0.190. The second kappa shape index (κ2) is 7.03. The fourth-order valence-electron chi connectivity index (χ4n) is 2.45. The highest BCUT2D eigenvalue weighted by Gasteiger charge is 2.30. The second-order valence-corrected chi connectivity index (χ2v) is 7.98. The summed E-state index contributed by atoms with van der Waals surface area (Å²) in [4.78, 5) is 16.9. The monoisotopic (exact) mass is 347 g/mol. The molecule has 9 heteroatoms. The van der Waals surface area contributed by atoms with Crippen molar-refractivity contribution in [1.82, 2.24) is 14.0 Å². The summed E-state index contributed by atoms with van der Waals surface area (Å²) < 4.78 is 32.3. The van der Waals surface area contributed by atoms with Crippen LogP contribution in [0.1, 0.15) is 46.1 Å². The summed E-state index contributed by atoms with van der Waals surface area (Å²) in [7, 11) is -1.94. The largest absolute Gasteiger partial charge is 0.462 e. The Hall–Kier alpha value is -1.03. The van der Waals surface area contributed by atoms with Gasteiger partial charge in [-0.1, -0.05) is 0 Å². The minimum atomic E-state index is -3.36. The Kier molecular flexibility index (Phi) is 5.54. The molecule has 1 saturated heterocycles. The minimum Gasteiger partial charge on any atom is -0.462 e. The third kappa shape index (κ3) is 3.65.